The molecule has 0 N–H and O–H groups in total. The van der Waals surface area contributed by atoms with Crippen LogP contribution in [0.2, 0.25) is 0 Å². The highest BCUT2D eigenvalue weighted by molar-refractivity contribution is 4.75. The van der Waals surface area contributed by atoms with Gasteiger partial charge in [0.15, 0.2) is 6.29 Å². The molecular weight excluding hydrogens is 216 g/mol. The van der Waals surface area contributed by atoms with Crippen LogP contribution in [0.1, 0.15) is 46.0 Å². The van der Waals surface area contributed by atoms with Gasteiger partial charge in [-0.2, -0.15) is 0 Å². The molecule has 17 heavy (non-hydrogen) atoms. The van der Waals surface area contributed by atoms with Crippen LogP contribution in [0.5, 0.6) is 0 Å². The van der Waals surface area contributed by atoms with Crippen molar-refractivity contribution in [3.63, 3.8) is 0 Å². The van der Waals surface area contributed by atoms with Gasteiger partial charge in [-0.3, -0.25) is 0 Å². The molecule has 0 aromatic rings. The van der Waals surface area contributed by atoms with Crippen LogP contribution in [-0.4, -0.2) is 32.2 Å². The van der Waals surface area contributed by atoms with E-state index in [1.54, 1.807) is 0 Å². The summed E-state index contributed by atoms with van der Waals surface area (Å²) < 4.78 is 17.0. The van der Waals surface area contributed by atoms with Gasteiger partial charge < -0.3 is 14.2 Å². The largest absolute Gasteiger partial charge is 0.378 e. The second-order valence-corrected chi connectivity index (χ2v) is 5.72. The van der Waals surface area contributed by atoms with Crippen molar-refractivity contribution in [1.29, 1.82) is 0 Å². The number of rotatable bonds is 4. The fourth-order valence-corrected chi connectivity index (χ4v) is 3.04. The summed E-state index contributed by atoms with van der Waals surface area (Å²) in [7, 11) is 0. The number of ether oxygens (including phenoxy) is 3. The molecule has 1 heterocycles. The smallest absolute Gasteiger partial charge is 0.159 e. The Labute approximate surface area is 105 Å². The van der Waals surface area contributed by atoms with Gasteiger partial charge in [0, 0.05) is 6.42 Å². The Morgan fingerprint density at radius 1 is 1.00 bits per heavy atom. The molecule has 0 aromatic carbocycles. The maximum Gasteiger partial charge on any atom is 0.159 e. The van der Waals surface area contributed by atoms with Crippen LogP contribution >= 0.6 is 0 Å². The fourth-order valence-electron chi connectivity index (χ4n) is 3.04. The monoisotopic (exact) mass is 242 g/mol. The van der Waals surface area contributed by atoms with E-state index in [0.717, 1.165) is 44.5 Å². The summed E-state index contributed by atoms with van der Waals surface area (Å²) in [5.74, 6) is 1.62. The van der Waals surface area contributed by atoms with E-state index in [9.17, 15) is 0 Å². The second-order valence-electron chi connectivity index (χ2n) is 5.72. The Hall–Kier alpha value is -0.120. The molecule has 0 spiro atoms. The Balaban J connectivity index is 1.60. The predicted molar refractivity (Wildman–Crippen MR) is 66.8 cm³/mol. The van der Waals surface area contributed by atoms with Crippen molar-refractivity contribution in [2.24, 2.45) is 11.8 Å². The average molecular weight is 242 g/mol. The standard InChI is InChI=1S/C14H26O3/c1-11-8-12(2)10-13(9-11)15-7-4-14-16-5-3-6-17-14/h11-14H,3-10H2,1-2H3. The Morgan fingerprint density at radius 2 is 1.65 bits per heavy atom. The molecule has 0 bridgehead atoms. The molecule has 100 valence electrons. The minimum Gasteiger partial charge on any atom is -0.378 e. The Morgan fingerprint density at radius 3 is 2.29 bits per heavy atom. The molecular formula is C14H26O3. The van der Waals surface area contributed by atoms with E-state index < -0.39 is 0 Å². The molecule has 1 saturated heterocycles. The molecule has 1 aliphatic heterocycles. The molecule has 1 saturated carbocycles. The van der Waals surface area contributed by atoms with Crippen molar-refractivity contribution in [2.75, 3.05) is 19.8 Å². The lowest BCUT2D eigenvalue weighted by molar-refractivity contribution is -0.188. The summed E-state index contributed by atoms with van der Waals surface area (Å²) in [5, 5.41) is 0. The number of hydrogen-bond acceptors (Lipinski definition) is 3. The first kappa shape index (κ1) is 13.3. The normalized spacial score (nSPS) is 36.0. The van der Waals surface area contributed by atoms with Crippen molar-refractivity contribution in [3.8, 4) is 0 Å². The lowest BCUT2D eigenvalue weighted by atomic mass is 9.82. The highest BCUT2D eigenvalue weighted by atomic mass is 16.7. The summed E-state index contributed by atoms with van der Waals surface area (Å²) in [6.45, 7) is 7.11. The minimum atomic E-state index is -0.0258. The van der Waals surface area contributed by atoms with Crippen molar-refractivity contribution < 1.29 is 14.2 Å². The molecule has 2 rings (SSSR count). The third kappa shape index (κ3) is 4.57. The SMILES string of the molecule is CC1CC(C)CC(OCCC2OCCCO2)C1. The minimum absolute atomic E-state index is 0.0258. The van der Waals surface area contributed by atoms with Crippen molar-refractivity contribution >= 4 is 0 Å². The van der Waals surface area contributed by atoms with Gasteiger partial charge in [0.1, 0.15) is 0 Å². The van der Waals surface area contributed by atoms with Crippen LogP contribution in [-0.2, 0) is 14.2 Å². The van der Waals surface area contributed by atoms with Gasteiger partial charge in [0.2, 0.25) is 0 Å². The molecule has 0 aromatic heterocycles. The van der Waals surface area contributed by atoms with Crippen LogP contribution in [0, 0.1) is 11.8 Å². The van der Waals surface area contributed by atoms with Crippen LogP contribution < -0.4 is 0 Å². The molecule has 3 heteroatoms. The third-order valence-electron chi connectivity index (χ3n) is 3.74. The van der Waals surface area contributed by atoms with E-state index in [2.05, 4.69) is 13.8 Å². The third-order valence-corrected chi connectivity index (χ3v) is 3.74. The average Bonchev–Trinajstić information content (AvgIpc) is 2.29. The Bertz CT molecular complexity index is 204. The molecule has 2 unspecified atom stereocenters. The fraction of sp³-hybridized carbons (Fsp3) is 1.00. The lowest BCUT2D eigenvalue weighted by Crippen LogP contribution is -2.29. The van der Waals surface area contributed by atoms with Crippen molar-refractivity contribution in [2.45, 2.75) is 58.3 Å². The molecule has 2 aliphatic rings. The Kier molecular flexibility index (Phi) is 5.26. The van der Waals surface area contributed by atoms with E-state index in [-0.39, 0.29) is 6.29 Å². The van der Waals surface area contributed by atoms with Gasteiger partial charge >= 0.3 is 0 Å². The molecule has 3 nitrogen and oxygen atoms in total. The molecule has 2 fully saturated rings. The first-order valence-electron chi connectivity index (χ1n) is 7.09. The van der Waals surface area contributed by atoms with Gasteiger partial charge in [0.05, 0.1) is 25.9 Å². The van der Waals surface area contributed by atoms with E-state index in [1.165, 1.54) is 19.3 Å². The van der Waals surface area contributed by atoms with E-state index in [1.807, 2.05) is 0 Å². The van der Waals surface area contributed by atoms with E-state index in [0.29, 0.717) is 6.10 Å². The van der Waals surface area contributed by atoms with Crippen LogP contribution in [0.4, 0.5) is 0 Å². The quantitative estimate of drug-likeness (QED) is 0.758. The van der Waals surface area contributed by atoms with Gasteiger partial charge in [-0.15, -0.1) is 0 Å². The summed E-state index contributed by atoms with van der Waals surface area (Å²) >= 11 is 0. The van der Waals surface area contributed by atoms with Crippen LogP contribution in [0.3, 0.4) is 0 Å². The zero-order valence-electron chi connectivity index (χ0n) is 11.2. The summed E-state index contributed by atoms with van der Waals surface area (Å²) in [5.41, 5.74) is 0. The molecule has 1 aliphatic carbocycles. The van der Waals surface area contributed by atoms with Gasteiger partial charge in [-0.25, -0.2) is 0 Å². The molecule has 0 amide bonds. The van der Waals surface area contributed by atoms with E-state index >= 15 is 0 Å². The first-order chi connectivity index (χ1) is 8.24. The summed E-state index contributed by atoms with van der Waals surface area (Å²) in [6, 6.07) is 0. The topological polar surface area (TPSA) is 27.7 Å². The van der Waals surface area contributed by atoms with Crippen molar-refractivity contribution in [3.05, 3.63) is 0 Å². The zero-order valence-corrected chi connectivity index (χ0v) is 11.2. The van der Waals surface area contributed by atoms with Gasteiger partial charge in [-0.05, 0) is 37.5 Å². The zero-order chi connectivity index (χ0) is 12.1. The van der Waals surface area contributed by atoms with Gasteiger partial charge in [-0.1, -0.05) is 13.8 Å². The second kappa shape index (κ2) is 6.72. The van der Waals surface area contributed by atoms with Crippen molar-refractivity contribution in [1.82, 2.24) is 0 Å². The highest BCUT2D eigenvalue weighted by Gasteiger charge is 2.24. The van der Waals surface area contributed by atoms with Crippen LogP contribution in [0.25, 0.3) is 0 Å². The van der Waals surface area contributed by atoms with Crippen LogP contribution in [0.15, 0.2) is 0 Å². The molecule has 0 radical (unpaired) electrons. The summed E-state index contributed by atoms with van der Waals surface area (Å²) in [6.07, 6.45) is 6.12. The predicted octanol–water partition coefficient (Wildman–Crippen LogP) is 2.98. The number of hydrogen-bond donors (Lipinski definition) is 0. The highest BCUT2D eigenvalue weighted by Crippen LogP contribution is 2.30. The summed E-state index contributed by atoms with van der Waals surface area (Å²) in [4.78, 5) is 0. The lowest BCUT2D eigenvalue weighted by Gasteiger charge is -2.32. The van der Waals surface area contributed by atoms with Gasteiger partial charge in [0.25, 0.3) is 0 Å². The van der Waals surface area contributed by atoms with E-state index in [4.69, 9.17) is 14.2 Å². The maximum absolute atomic E-state index is 5.97. The molecule has 2 atom stereocenters. The maximum atomic E-state index is 5.97. The first-order valence-corrected chi connectivity index (χ1v) is 7.09.